The van der Waals surface area contributed by atoms with Gasteiger partial charge in [0.15, 0.2) is 0 Å². The lowest BCUT2D eigenvalue weighted by Crippen LogP contribution is -2.34. The zero-order valence-electron chi connectivity index (χ0n) is 9.86. The predicted molar refractivity (Wildman–Crippen MR) is 66.1 cm³/mol. The number of carbonyl (C=O) groups excluding carboxylic acids is 1. The third-order valence-electron chi connectivity index (χ3n) is 2.18. The minimum absolute atomic E-state index is 0.0560. The van der Waals surface area contributed by atoms with Crippen LogP contribution in [0.1, 0.15) is 5.56 Å². The van der Waals surface area contributed by atoms with Crippen molar-refractivity contribution in [2.45, 2.75) is 6.42 Å². The summed E-state index contributed by atoms with van der Waals surface area (Å²) in [6.07, 6.45) is 0.833. The van der Waals surface area contributed by atoms with Crippen molar-refractivity contribution in [1.82, 2.24) is 10.2 Å². The molecular formula is C12H19N3O. The van der Waals surface area contributed by atoms with Crippen molar-refractivity contribution < 1.29 is 4.79 Å². The molecule has 1 rings (SSSR count). The molecular weight excluding hydrogens is 202 g/mol. The Morgan fingerprint density at radius 2 is 1.94 bits per heavy atom. The van der Waals surface area contributed by atoms with Gasteiger partial charge in [0.05, 0.1) is 6.54 Å². The van der Waals surface area contributed by atoms with Gasteiger partial charge >= 0.3 is 0 Å². The van der Waals surface area contributed by atoms with Crippen molar-refractivity contribution >= 4 is 11.6 Å². The zero-order chi connectivity index (χ0) is 12.0. The smallest absolute Gasteiger partial charge is 0.234 e. The molecule has 0 aromatic heterocycles. The Balaban J connectivity index is 2.25. The largest absolute Gasteiger partial charge is 0.399 e. The Labute approximate surface area is 96.4 Å². The SMILES string of the molecule is CN(C)CC(=O)NCCc1ccc(N)cc1. The Bertz CT molecular complexity index is 333. The van der Waals surface area contributed by atoms with Crippen LogP contribution >= 0.6 is 0 Å². The molecule has 0 saturated carbocycles. The molecule has 1 aromatic rings. The molecule has 0 unspecified atom stereocenters. The molecule has 0 fully saturated rings. The summed E-state index contributed by atoms with van der Waals surface area (Å²) in [7, 11) is 3.75. The number of nitrogen functional groups attached to an aromatic ring is 1. The van der Waals surface area contributed by atoms with Crippen LogP contribution in [0.15, 0.2) is 24.3 Å². The average molecular weight is 221 g/mol. The molecule has 1 aromatic carbocycles. The monoisotopic (exact) mass is 221 g/mol. The molecule has 0 aliphatic heterocycles. The van der Waals surface area contributed by atoms with E-state index in [1.165, 1.54) is 5.56 Å². The summed E-state index contributed by atoms with van der Waals surface area (Å²) < 4.78 is 0. The highest BCUT2D eigenvalue weighted by molar-refractivity contribution is 5.77. The van der Waals surface area contributed by atoms with Crippen molar-refractivity contribution in [3.05, 3.63) is 29.8 Å². The molecule has 0 aliphatic rings. The molecule has 4 heteroatoms. The van der Waals surface area contributed by atoms with Crippen LogP contribution in [-0.4, -0.2) is 38.0 Å². The van der Waals surface area contributed by atoms with E-state index in [2.05, 4.69) is 5.32 Å². The molecule has 88 valence electrons. The van der Waals surface area contributed by atoms with Crippen molar-refractivity contribution in [2.75, 3.05) is 32.9 Å². The van der Waals surface area contributed by atoms with Gasteiger partial charge in [0, 0.05) is 12.2 Å². The number of hydrogen-bond acceptors (Lipinski definition) is 3. The second-order valence-electron chi connectivity index (χ2n) is 4.08. The lowest BCUT2D eigenvalue weighted by atomic mass is 10.1. The van der Waals surface area contributed by atoms with Gasteiger partial charge in [-0.15, -0.1) is 0 Å². The van der Waals surface area contributed by atoms with Crippen LogP contribution in [0, 0.1) is 0 Å². The number of amides is 1. The number of nitrogens with two attached hydrogens (primary N) is 1. The zero-order valence-corrected chi connectivity index (χ0v) is 9.86. The first-order chi connectivity index (χ1) is 7.58. The van der Waals surface area contributed by atoms with Crippen LogP contribution in [0.4, 0.5) is 5.69 Å². The second kappa shape index (κ2) is 6.12. The van der Waals surface area contributed by atoms with E-state index in [0.29, 0.717) is 13.1 Å². The van der Waals surface area contributed by atoms with Gasteiger partial charge in [0.2, 0.25) is 5.91 Å². The molecule has 0 radical (unpaired) electrons. The van der Waals surface area contributed by atoms with Gasteiger partial charge in [0.25, 0.3) is 0 Å². The van der Waals surface area contributed by atoms with Crippen molar-refractivity contribution in [3.63, 3.8) is 0 Å². The number of anilines is 1. The third-order valence-corrected chi connectivity index (χ3v) is 2.18. The third kappa shape index (κ3) is 4.79. The molecule has 3 N–H and O–H groups in total. The lowest BCUT2D eigenvalue weighted by Gasteiger charge is -2.10. The number of likely N-dealkylation sites (N-methyl/N-ethyl adjacent to an activating group) is 1. The van der Waals surface area contributed by atoms with E-state index in [4.69, 9.17) is 5.73 Å². The van der Waals surface area contributed by atoms with E-state index < -0.39 is 0 Å². The maximum absolute atomic E-state index is 11.3. The summed E-state index contributed by atoms with van der Waals surface area (Å²) in [6.45, 7) is 1.10. The van der Waals surface area contributed by atoms with E-state index in [1.807, 2.05) is 43.3 Å². The van der Waals surface area contributed by atoms with Gasteiger partial charge in [-0.2, -0.15) is 0 Å². The first-order valence-electron chi connectivity index (χ1n) is 5.34. The van der Waals surface area contributed by atoms with Gasteiger partial charge < -0.3 is 16.0 Å². The summed E-state index contributed by atoms with van der Waals surface area (Å²) in [6, 6.07) is 7.70. The lowest BCUT2D eigenvalue weighted by molar-refractivity contribution is -0.121. The van der Waals surface area contributed by atoms with Gasteiger partial charge in [-0.05, 0) is 38.2 Å². The highest BCUT2D eigenvalue weighted by Crippen LogP contribution is 2.05. The van der Waals surface area contributed by atoms with Gasteiger partial charge in [-0.3, -0.25) is 4.79 Å². The molecule has 0 bridgehead atoms. The summed E-state index contributed by atoms with van der Waals surface area (Å²) in [5.74, 6) is 0.0560. The van der Waals surface area contributed by atoms with Gasteiger partial charge in [0.1, 0.15) is 0 Å². The highest BCUT2D eigenvalue weighted by Gasteiger charge is 2.01. The van der Waals surface area contributed by atoms with E-state index >= 15 is 0 Å². The minimum atomic E-state index is 0.0560. The van der Waals surface area contributed by atoms with Crippen LogP contribution < -0.4 is 11.1 Å². The first kappa shape index (κ1) is 12.5. The van der Waals surface area contributed by atoms with E-state index in [-0.39, 0.29) is 5.91 Å². The molecule has 0 aliphatic carbocycles. The molecule has 1 amide bonds. The molecule has 0 heterocycles. The van der Waals surface area contributed by atoms with Crippen molar-refractivity contribution in [2.24, 2.45) is 0 Å². The van der Waals surface area contributed by atoms with Crippen LogP contribution in [0.25, 0.3) is 0 Å². The summed E-state index contributed by atoms with van der Waals surface area (Å²) in [4.78, 5) is 13.2. The maximum Gasteiger partial charge on any atom is 0.234 e. The molecule has 0 saturated heterocycles. The van der Waals surface area contributed by atoms with E-state index in [9.17, 15) is 4.79 Å². The van der Waals surface area contributed by atoms with E-state index in [0.717, 1.165) is 12.1 Å². The Kier molecular flexibility index (Phi) is 4.79. The Morgan fingerprint density at radius 1 is 1.31 bits per heavy atom. The molecule has 0 spiro atoms. The summed E-state index contributed by atoms with van der Waals surface area (Å²) in [5, 5.41) is 2.87. The fourth-order valence-corrected chi connectivity index (χ4v) is 1.37. The average Bonchev–Trinajstić information content (AvgIpc) is 2.20. The standard InChI is InChI=1S/C12H19N3O/c1-15(2)9-12(16)14-8-7-10-3-5-11(13)6-4-10/h3-6H,7-9,13H2,1-2H3,(H,14,16). The fraction of sp³-hybridized carbons (Fsp3) is 0.417. The fourth-order valence-electron chi connectivity index (χ4n) is 1.37. The highest BCUT2D eigenvalue weighted by atomic mass is 16.1. The van der Waals surface area contributed by atoms with Crippen molar-refractivity contribution in [1.29, 1.82) is 0 Å². The number of nitrogens with one attached hydrogen (secondary N) is 1. The molecule has 4 nitrogen and oxygen atoms in total. The Hall–Kier alpha value is -1.55. The van der Waals surface area contributed by atoms with E-state index in [1.54, 1.807) is 0 Å². The number of carbonyl (C=O) groups is 1. The van der Waals surface area contributed by atoms with Crippen LogP contribution in [0.2, 0.25) is 0 Å². The number of nitrogens with zero attached hydrogens (tertiary/aromatic N) is 1. The second-order valence-corrected chi connectivity index (χ2v) is 4.08. The van der Waals surface area contributed by atoms with Crippen LogP contribution in [0.5, 0.6) is 0 Å². The number of hydrogen-bond donors (Lipinski definition) is 2. The number of benzene rings is 1. The van der Waals surface area contributed by atoms with Crippen molar-refractivity contribution in [3.8, 4) is 0 Å². The van der Waals surface area contributed by atoms with Gasteiger partial charge in [-0.25, -0.2) is 0 Å². The number of rotatable bonds is 5. The normalized spacial score (nSPS) is 10.4. The molecule has 16 heavy (non-hydrogen) atoms. The summed E-state index contributed by atoms with van der Waals surface area (Å²) in [5.41, 5.74) is 7.53. The van der Waals surface area contributed by atoms with Gasteiger partial charge in [-0.1, -0.05) is 12.1 Å². The quantitative estimate of drug-likeness (QED) is 0.711. The molecule has 0 atom stereocenters. The first-order valence-corrected chi connectivity index (χ1v) is 5.34. The minimum Gasteiger partial charge on any atom is -0.399 e. The Morgan fingerprint density at radius 3 is 2.50 bits per heavy atom. The van der Waals surface area contributed by atoms with Crippen LogP contribution in [-0.2, 0) is 11.2 Å². The maximum atomic E-state index is 11.3. The van der Waals surface area contributed by atoms with Crippen LogP contribution in [0.3, 0.4) is 0 Å². The topological polar surface area (TPSA) is 58.4 Å². The summed E-state index contributed by atoms with van der Waals surface area (Å²) >= 11 is 0. The predicted octanol–water partition coefficient (Wildman–Crippen LogP) is 0.489.